The maximum atomic E-state index is 13.5. The third kappa shape index (κ3) is 9.63. The molecule has 44 heavy (non-hydrogen) atoms. The molecule has 12 nitrogen and oxygen atoms in total. The van der Waals surface area contributed by atoms with E-state index in [-0.39, 0.29) is 18.6 Å². The van der Waals surface area contributed by atoms with Crippen LogP contribution in [-0.4, -0.2) is 80.0 Å². The second-order valence-corrected chi connectivity index (χ2v) is 15.0. The number of carbonyl (C=O) groups is 5. The standard InChI is InChI=1S/C30H39N5O7S2/c1-29(2)23(34-25(38)20(31)14-18-10-12-19(36)13-11-18)27(40)32-16-22(37)33-21(15-17-8-6-5-7-9-17)26(39)35-24(28(41)42)30(3,4)44-43-29/h5-13,20-21,23-24,36H,14-16,31H2,1-4H3,(H,32,40)(H,33,37)(H,34,38)(H,35,39)(H,41,42)/t20-,21?,23-,24-/m0/s1. The van der Waals surface area contributed by atoms with Gasteiger partial charge in [-0.25, -0.2) is 4.79 Å². The smallest absolute Gasteiger partial charge is 0.327 e. The van der Waals surface area contributed by atoms with Crippen LogP contribution < -0.4 is 27.0 Å². The summed E-state index contributed by atoms with van der Waals surface area (Å²) in [4.78, 5) is 65.4. The number of carboxylic acids is 1. The van der Waals surface area contributed by atoms with E-state index in [9.17, 15) is 34.2 Å². The highest BCUT2D eigenvalue weighted by Crippen LogP contribution is 2.46. The molecule has 1 aliphatic rings. The van der Waals surface area contributed by atoms with Gasteiger partial charge in [0.2, 0.25) is 23.6 Å². The normalized spacial score (nSPS) is 23.2. The number of phenolic OH excluding ortho intramolecular Hbond substituents is 1. The highest BCUT2D eigenvalue weighted by Gasteiger charge is 2.44. The van der Waals surface area contributed by atoms with Crippen LogP contribution in [0.3, 0.4) is 0 Å². The number of carboxylic acid groups (broad SMARTS) is 1. The fourth-order valence-corrected chi connectivity index (χ4v) is 7.26. The number of hydrogen-bond acceptors (Lipinski definition) is 9. The van der Waals surface area contributed by atoms with Gasteiger partial charge in [0.05, 0.1) is 17.3 Å². The van der Waals surface area contributed by atoms with Gasteiger partial charge in [0.25, 0.3) is 0 Å². The second-order valence-electron chi connectivity index (χ2n) is 11.6. The molecule has 0 spiro atoms. The van der Waals surface area contributed by atoms with Gasteiger partial charge in [-0.15, -0.1) is 0 Å². The van der Waals surface area contributed by atoms with Crippen molar-refractivity contribution in [3.8, 4) is 5.75 Å². The van der Waals surface area contributed by atoms with Crippen molar-refractivity contribution in [1.29, 1.82) is 0 Å². The quantitative estimate of drug-likeness (QED) is 0.214. The van der Waals surface area contributed by atoms with E-state index >= 15 is 0 Å². The van der Waals surface area contributed by atoms with E-state index < -0.39 is 69.8 Å². The minimum absolute atomic E-state index is 0.0718. The van der Waals surface area contributed by atoms with Crippen LogP contribution in [0.1, 0.15) is 38.8 Å². The summed E-state index contributed by atoms with van der Waals surface area (Å²) in [6.45, 7) is 6.21. The first kappa shape index (κ1) is 34.7. The first-order valence-electron chi connectivity index (χ1n) is 13.9. The molecule has 3 rings (SSSR count). The van der Waals surface area contributed by atoms with Gasteiger partial charge in [-0.3, -0.25) is 19.2 Å². The largest absolute Gasteiger partial charge is 0.508 e. The van der Waals surface area contributed by atoms with Crippen molar-refractivity contribution in [3.05, 3.63) is 65.7 Å². The number of nitrogens with one attached hydrogen (secondary N) is 4. The van der Waals surface area contributed by atoms with E-state index in [0.29, 0.717) is 5.56 Å². The van der Waals surface area contributed by atoms with Crippen molar-refractivity contribution < 1.29 is 34.2 Å². The monoisotopic (exact) mass is 645 g/mol. The Labute approximate surface area is 264 Å². The summed E-state index contributed by atoms with van der Waals surface area (Å²) in [5.41, 5.74) is 7.61. The van der Waals surface area contributed by atoms with Crippen LogP contribution in [0.5, 0.6) is 5.75 Å². The van der Waals surface area contributed by atoms with E-state index in [1.807, 2.05) is 0 Å². The van der Waals surface area contributed by atoms with Gasteiger partial charge < -0.3 is 37.2 Å². The van der Waals surface area contributed by atoms with Crippen LogP contribution in [0.2, 0.25) is 0 Å². The third-order valence-electron chi connectivity index (χ3n) is 7.03. The molecule has 1 fully saturated rings. The van der Waals surface area contributed by atoms with Crippen LogP contribution in [-0.2, 0) is 36.8 Å². The van der Waals surface area contributed by atoms with Crippen molar-refractivity contribution in [2.75, 3.05) is 6.54 Å². The van der Waals surface area contributed by atoms with Crippen molar-refractivity contribution >= 4 is 51.2 Å². The Morgan fingerprint density at radius 2 is 1.55 bits per heavy atom. The third-order valence-corrected chi connectivity index (χ3v) is 11.3. The van der Waals surface area contributed by atoms with Gasteiger partial charge in [0.1, 0.15) is 23.9 Å². The molecule has 14 heteroatoms. The number of rotatable bonds is 7. The number of amides is 4. The molecule has 0 aliphatic carbocycles. The molecule has 8 N–H and O–H groups in total. The number of carbonyl (C=O) groups excluding carboxylic acids is 4. The predicted octanol–water partition coefficient (Wildman–Crippen LogP) is 1.11. The Balaban J connectivity index is 1.88. The summed E-state index contributed by atoms with van der Waals surface area (Å²) in [6, 6.07) is 10.5. The number of phenols is 1. The summed E-state index contributed by atoms with van der Waals surface area (Å²) in [5, 5.41) is 30.1. The fraction of sp³-hybridized carbons (Fsp3) is 0.433. The maximum Gasteiger partial charge on any atom is 0.327 e. The number of aromatic hydroxyl groups is 1. The van der Waals surface area contributed by atoms with Gasteiger partial charge in [-0.2, -0.15) is 0 Å². The van der Waals surface area contributed by atoms with Crippen molar-refractivity contribution in [2.45, 2.75) is 74.2 Å². The molecule has 2 aromatic rings. The topological polar surface area (TPSA) is 200 Å². The molecule has 0 aromatic heterocycles. The molecule has 4 amide bonds. The maximum absolute atomic E-state index is 13.5. The summed E-state index contributed by atoms with van der Waals surface area (Å²) in [6.07, 6.45) is 0.229. The van der Waals surface area contributed by atoms with Gasteiger partial charge in [-0.1, -0.05) is 64.1 Å². The molecule has 0 bridgehead atoms. The summed E-state index contributed by atoms with van der Waals surface area (Å²) in [5.74, 6) is -3.82. The average Bonchev–Trinajstić information content (AvgIpc) is 2.96. The average molecular weight is 646 g/mol. The highest BCUT2D eigenvalue weighted by atomic mass is 33.1. The van der Waals surface area contributed by atoms with Crippen molar-refractivity contribution in [2.24, 2.45) is 5.73 Å². The zero-order chi connectivity index (χ0) is 32.7. The van der Waals surface area contributed by atoms with Crippen LogP contribution in [0.4, 0.5) is 0 Å². The van der Waals surface area contributed by atoms with Crippen LogP contribution in [0.25, 0.3) is 0 Å². The minimum Gasteiger partial charge on any atom is -0.508 e. The second kappa shape index (κ2) is 14.8. The first-order chi connectivity index (χ1) is 20.6. The van der Waals surface area contributed by atoms with E-state index in [4.69, 9.17) is 5.73 Å². The van der Waals surface area contributed by atoms with E-state index in [1.165, 1.54) is 22.9 Å². The molecular formula is C30H39N5O7S2. The van der Waals surface area contributed by atoms with E-state index in [1.54, 1.807) is 70.2 Å². The Bertz CT molecular complexity index is 1360. The van der Waals surface area contributed by atoms with Crippen LogP contribution in [0, 0.1) is 0 Å². The van der Waals surface area contributed by atoms with E-state index in [2.05, 4.69) is 21.3 Å². The number of nitrogens with two attached hydrogens (primary N) is 1. The molecule has 0 radical (unpaired) electrons. The molecule has 4 atom stereocenters. The Hall–Kier alpha value is -3.75. The molecule has 2 aromatic carbocycles. The van der Waals surface area contributed by atoms with Crippen LogP contribution in [0.15, 0.2) is 54.6 Å². The lowest BCUT2D eigenvalue weighted by atomic mass is 10.00. The Kier molecular flexibility index (Phi) is 11.7. The van der Waals surface area contributed by atoms with Gasteiger partial charge >= 0.3 is 5.97 Å². The summed E-state index contributed by atoms with van der Waals surface area (Å²) >= 11 is 0. The van der Waals surface area contributed by atoms with Crippen LogP contribution >= 0.6 is 21.6 Å². The summed E-state index contributed by atoms with van der Waals surface area (Å²) in [7, 11) is 2.32. The van der Waals surface area contributed by atoms with Crippen molar-refractivity contribution in [3.63, 3.8) is 0 Å². The Morgan fingerprint density at radius 1 is 0.932 bits per heavy atom. The predicted molar refractivity (Wildman–Crippen MR) is 170 cm³/mol. The minimum atomic E-state index is -1.36. The lowest BCUT2D eigenvalue weighted by Crippen LogP contribution is -2.61. The SMILES string of the molecule is CC1(C)SSC(C)(C)[C@@H](NC(=O)[C@@H](N)Cc2ccc(O)cc2)C(=O)NCC(=O)NC(Cc2ccccc2)C(=O)N[C@H]1C(=O)O. The molecule has 1 heterocycles. The van der Waals surface area contributed by atoms with Gasteiger partial charge in [0, 0.05) is 11.2 Å². The molecule has 0 saturated carbocycles. The zero-order valence-electron chi connectivity index (χ0n) is 25.0. The fourth-order valence-electron chi connectivity index (χ4n) is 4.44. The van der Waals surface area contributed by atoms with Crippen molar-refractivity contribution in [1.82, 2.24) is 21.3 Å². The molecule has 238 valence electrons. The molecule has 1 aliphatic heterocycles. The molecule has 1 unspecified atom stereocenters. The lowest BCUT2D eigenvalue weighted by molar-refractivity contribution is -0.143. The number of aliphatic carboxylic acids is 1. The number of benzene rings is 2. The number of hydrogen-bond donors (Lipinski definition) is 7. The van der Waals surface area contributed by atoms with Gasteiger partial charge in [-0.05, 0) is 57.4 Å². The van der Waals surface area contributed by atoms with E-state index in [0.717, 1.165) is 16.4 Å². The molecule has 1 saturated heterocycles. The first-order valence-corrected chi connectivity index (χ1v) is 16.1. The highest BCUT2D eigenvalue weighted by molar-refractivity contribution is 8.77. The lowest BCUT2D eigenvalue weighted by Gasteiger charge is -2.38. The van der Waals surface area contributed by atoms with Gasteiger partial charge in [0.15, 0.2) is 0 Å². The Morgan fingerprint density at radius 3 is 2.16 bits per heavy atom. The zero-order valence-corrected chi connectivity index (χ0v) is 26.6. The summed E-state index contributed by atoms with van der Waals surface area (Å²) < 4.78 is -2.14. The molecular weight excluding hydrogens is 606 g/mol.